The molecule has 0 bridgehead atoms. The normalized spacial score (nSPS) is 10.8. The third-order valence-electron chi connectivity index (χ3n) is 3.29. The lowest BCUT2D eigenvalue weighted by Gasteiger charge is -2.16. The van der Waals surface area contributed by atoms with Crippen molar-refractivity contribution in [3.63, 3.8) is 0 Å². The zero-order valence-electron chi connectivity index (χ0n) is 13.1. The Bertz CT molecular complexity index is 653. The van der Waals surface area contributed by atoms with E-state index < -0.39 is 0 Å². The van der Waals surface area contributed by atoms with Crippen LogP contribution in [0.5, 0.6) is 0 Å². The number of nitrogens with zero attached hydrogens (tertiary/aromatic N) is 2. The maximum atomic E-state index is 6.29. The van der Waals surface area contributed by atoms with Crippen LogP contribution < -0.4 is 10.6 Å². The van der Waals surface area contributed by atoms with Crippen LogP contribution in [0.25, 0.3) is 0 Å². The van der Waals surface area contributed by atoms with Gasteiger partial charge in [-0.25, -0.2) is 9.97 Å². The molecule has 1 heterocycles. The van der Waals surface area contributed by atoms with Crippen LogP contribution in [-0.2, 0) is 0 Å². The summed E-state index contributed by atoms with van der Waals surface area (Å²) in [6.45, 7) is 8.15. The van der Waals surface area contributed by atoms with Crippen LogP contribution in [0.2, 0.25) is 5.02 Å². The fourth-order valence-electron chi connectivity index (χ4n) is 2.01. The van der Waals surface area contributed by atoms with Crippen molar-refractivity contribution in [3.05, 3.63) is 40.2 Å². The number of rotatable bonds is 4. The van der Waals surface area contributed by atoms with Gasteiger partial charge in [0.2, 0.25) is 0 Å². The standard InChI is InChI=1S/C16H21ClN4/c1-9(2)14-20-15(18-5)11(4)16(21-14)19-13-7-6-10(3)8-12(13)17/h6-9H,1-5H3,(H2,18,19,20,21). The van der Waals surface area contributed by atoms with Gasteiger partial charge < -0.3 is 10.6 Å². The number of benzene rings is 1. The molecule has 0 unspecified atom stereocenters. The molecule has 0 fully saturated rings. The quantitative estimate of drug-likeness (QED) is 0.863. The number of hydrogen-bond acceptors (Lipinski definition) is 4. The molecule has 1 aromatic carbocycles. The summed E-state index contributed by atoms with van der Waals surface area (Å²) in [5.74, 6) is 2.67. The highest BCUT2D eigenvalue weighted by Gasteiger charge is 2.13. The van der Waals surface area contributed by atoms with Gasteiger partial charge in [0.1, 0.15) is 17.5 Å². The van der Waals surface area contributed by atoms with Gasteiger partial charge in [0.25, 0.3) is 0 Å². The van der Waals surface area contributed by atoms with Gasteiger partial charge in [-0.1, -0.05) is 31.5 Å². The van der Waals surface area contributed by atoms with Crippen LogP contribution in [0.1, 0.15) is 36.7 Å². The summed E-state index contributed by atoms with van der Waals surface area (Å²) in [5.41, 5.74) is 2.95. The second-order valence-electron chi connectivity index (χ2n) is 5.42. The van der Waals surface area contributed by atoms with E-state index in [9.17, 15) is 0 Å². The maximum Gasteiger partial charge on any atom is 0.139 e. The molecule has 2 aromatic rings. The molecule has 0 spiro atoms. The zero-order valence-corrected chi connectivity index (χ0v) is 13.8. The van der Waals surface area contributed by atoms with Gasteiger partial charge in [0.05, 0.1) is 10.7 Å². The lowest BCUT2D eigenvalue weighted by molar-refractivity contribution is 0.775. The van der Waals surface area contributed by atoms with Gasteiger partial charge in [0.15, 0.2) is 0 Å². The largest absolute Gasteiger partial charge is 0.373 e. The van der Waals surface area contributed by atoms with Gasteiger partial charge >= 0.3 is 0 Å². The second-order valence-corrected chi connectivity index (χ2v) is 5.82. The third kappa shape index (κ3) is 3.45. The van der Waals surface area contributed by atoms with Crippen LogP contribution in [-0.4, -0.2) is 17.0 Å². The Morgan fingerprint density at radius 2 is 1.76 bits per heavy atom. The molecular weight excluding hydrogens is 284 g/mol. The molecule has 0 aliphatic heterocycles. The lowest BCUT2D eigenvalue weighted by Crippen LogP contribution is -2.08. The van der Waals surface area contributed by atoms with Crippen LogP contribution in [0, 0.1) is 13.8 Å². The van der Waals surface area contributed by atoms with E-state index in [-0.39, 0.29) is 5.92 Å². The highest BCUT2D eigenvalue weighted by Crippen LogP contribution is 2.29. The van der Waals surface area contributed by atoms with Crippen molar-refractivity contribution in [2.75, 3.05) is 17.7 Å². The Hall–Kier alpha value is -1.81. The number of aryl methyl sites for hydroxylation is 1. The Kier molecular flexibility index (Phi) is 4.68. The molecule has 112 valence electrons. The smallest absolute Gasteiger partial charge is 0.139 e. The fourth-order valence-corrected chi connectivity index (χ4v) is 2.29. The predicted molar refractivity (Wildman–Crippen MR) is 89.9 cm³/mol. The highest BCUT2D eigenvalue weighted by molar-refractivity contribution is 6.33. The Morgan fingerprint density at radius 3 is 2.33 bits per heavy atom. The molecule has 0 aliphatic rings. The molecule has 0 saturated carbocycles. The Labute approximate surface area is 131 Å². The minimum absolute atomic E-state index is 0.256. The van der Waals surface area contributed by atoms with E-state index in [0.717, 1.165) is 34.3 Å². The van der Waals surface area contributed by atoms with Crippen molar-refractivity contribution in [1.29, 1.82) is 0 Å². The van der Waals surface area contributed by atoms with E-state index in [1.807, 2.05) is 39.1 Å². The molecule has 2 N–H and O–H groups in total. The van der Waals surface area contributed by atoms with Gasteiger partial charge in [-0.05, 0) is 31.5 Å². The SMILES string of the molecule is CNc1nc(C(C)C)nc(Nc2ccc(C)cc2Cl)c1C. The second kappa shape index (κ2) is 6.31. The molecular formula is C16H21ClN4. The summed E-state index contributed by atoms with van der Waals surface area (Å²) >= 11 is 6.29. The monoisotopic (exact) mass is 304 g/mol. The molecule has 5 heteroatoms. The van der Waals surface area contributed by atoms with Crippen LogP contribution in [0.3, 0.4) is 0 Å². The molecule has 0 radical (unpaired) electrons. The van der Waals surface area contributed by atoms with Gasteiger partial charge in [-0.3, -0.25) is 0 Å². The predicted octanol–water partition coefficient (Wildman–Crippen LogP) is 4.66. The average molecular weight is 305 g/mol. The first-order valence-corrected chi connectivity index (χ1v) is 7.39. The molecule has 1 aromatic heterocycles. The Balaban J connectivity index is 2.45. The van der Waals surface area contributed by atoms with Crippen LogP contribution in [0.4, 0.5) is 17.3 Å². The van der Waals surface area contributed by atoms with Crippen molar-refractivity contribution in [2.45, 2.75) is 33.6 Å². The van der Waals surface area contributed by atoms with Crippen molar-refractivity contribution in [1.82, 2.24) is 9.97 Å². The van der Waals surface area contributed by atoms with Crippen molar-refractivity contribution in [2.24, 2.45) is 0 Å². The van der Waals surface area contributed by atoms with Crippen molar-refractivity contribution < 1.29 is 0 Å². The van der Waals surface area contributed by atoms with Gasteiger partial charge in [-0.15, -0.1) is 0 Å². The third-order valence-corrected chi connectivity index (χ3v) is 3.61. The summed E-state index contributed by atoms with van der Waals surface area (Å²) in [6.07, 6.45) is 0. The molecule has 0 saturated heterocycles. The lowest BCUT2D eigenvalue weighted by atomic mass is 10.2. The molecule has 0 atom stereocenters. The Morgan fingerprint density at radius 1 is 1.10 bits per heavy atom. The first-order valence-electron chi connectivity index (χ1n) is 7.01. The summed E-state index contributed by atoms with van der Waals surface area (Å²) in [4.78, 5) is 9.15. The molecule has 4 nitrogen and oxygen atoms in total. The van der Waals surface area contributed by atoms with E-state index >= 15 is 0 Å². The van der Waals surface area contributed by atoms with Gasteiger partial charge in [-0.2, -0.15) is 0 Å². The van der Waals surface area contributed by atoms with Crippen molar-refractivity contribution in [3.8, 4) is 0 Å². The molecule has 2 rings (SSSR count). The number of nitrogens with one attached hydrogen (secondary N) is 2. The zero-order chi connectivity index (χ0) is 15.6. The minimum Gasteiger partial charge on any atom is -0.373 e. The number of anilines is 3. The van der Waals surface area contributed by atoms with E-state index in [2.05, 4.69) is 34.4 Å². The maximum absolute atomic E-state index is 6.29. The molecule has 21 heavy (non-hydrogen) atoms. The van der Waals surface area contributed by atoms with E-state index in [1.165, 1.54) is 0 Å². The molecule has 0 aliphatic carbocycles. The van der Waals surface area contributed by atoms with Crippen LogP contribution >= 0.6 is 11.6 Å². The first kappa shape index (κ1) is 15.6. The summed E-state index contributed by atoms with van der Waals surface area (Å²) in [5, 5.41) is 7.12. The molecule has 0 amide bonds. The number of halogens is 1. The van der Waals surface area contributed by atoms with E-state index in [1.54, 1.807) is 0 Å². The van der Waals surface area contributed by atoms with Crippen LogP contribution in [0.15, 0.2) is 18.2 Å². The first-order chi connectivity index (χ1) is 9.92. The topological polar surface area (TPSA) is 49.8 Å². The average Bonchev–Trinajstić information content (AvgIpc) is 2.43. The minimum atomic E-state index is 0.256. The van der Waals surface area contributed by atoms with Gasteiger partial charge in [0, 0.05) is 18.5 Å². The number of aromatic nitrogens is 2. The van der Waals surface area contributed by atoms with Crippen molar-refractivity contribution >= 4 is 28.9 Å². The summed E-state index contributed by atoms with van der Waals surface area (Å²) < 4.78 is 0. The van der Waals surface area contributed by atoms with E-state index in [4.69, 9.17) is 11.6 Å². The number of hydrogen-bond donors (Lipinski definition) is 2. The summed E-state index contributed by atoms with van der Waals surface area (Å²) in [6, 6.07) is 5.92. The summed E-state index contributed by atoms with van der Waals surface area (Å²) in [7, 11) is 1.86. The highest BCUT2D eigenvalue weighted by atomic mass is 35.5. The van der Waals surface area contributed by atoms with E-state index in [0.29, 0.717) is 5.02 Å². The fraction of sp³-hybridized carbons (Fsp3) is 0.375.